The predicted molar refractivity (Wildman–Crippen MR) is 275 cm³/mol. The fourth-order valence-electron chi connectivity index (χ4n) is 6.77. The summed E-state index contributed by atoms with van der Waals surface area (Å²) in [6.45, 7) is 5.66. The first-order valence-electron chi connectivity index (χ1n) is 21.8. The monoisotopic (exact) mass is 1080 g/mol. The molecular formula is C44H49Cl3FN11O6S4. The van der Waals surface area contributed by atoms with Crippen LogP contribution in [0.4, 0.5) is 32.5 Å². The van der Waals surface area contributed by atoms with Crippen molar-refractivity contribution in [1.82, 2.24) is 35.2 Å². The minimum Gasteiger partial charge on any atom is -0.453 e. The number of benzene rings is 2. The molecule has 5 N–H and O–H groups in total. The first-order valence-corrected chi connectivity index (χ1v) is 27.9. The Balaban J connectivity index is 0.000000208. The van der Waals surface area contributed by atoms with Gasteiger partial charge in [0.05, 0.1) is 77.6 Å². The van der Waals surface area contributed by atoms with Crippen LogP contribution in [-0.4, -0.2) is 91.1 Å². The lowest BCUT2D eigenvalue weighted by Crippen LogP contribution is -2.37. The van der Waals surface area contributed by atoms with Crippen molar-refractivity contribution in [2.24, 2.45) is 0 Å². The third-order valence-corrected chi connectivity index (χ3v) is 16.6. The van der Waals surface area contributed by atoms with Gasteiger partial charge < -0.3 is 20.7 Å². The van der Waals surface area contributed by atoms with Crippen molar-refractivity contribution in [3.63, 3.8) is 0 Å². The summed E-state index contributed by atoms with van der Waals surface area (Å²) in [5.74, 6) is 0.616. The summed E-state index contributed by atoms with van der Waals surface area (Å²) in [5, 5.41) is 11.3. The zero-order chi connectivity index (χ0) is 49.6. The van der Waals surface area contributed by atoms with E-state index < -0.39 is 32.0 Å². The van der Waals surface area contributed by atoms with Crippen LogP contribution in [0.1, 0.15) is 81.1 Å². The molecule has 0 spiro atoms. The van der Waals surface area contributed by atoms with Gasteiger partial charge in [0, 0.05) is 65.0 Å². The molecule has 25 heteroatoms. The Bertz CT molecular complexity index is 3060. The highest BCUT2D eigenvalue weighted by atomic mass is 35.5. The van der Waals surface area contributed by atoms with Crippen molar-refractivity contribution >= 4 is 107 Å². The molecule has 2 fully saturated rings. The Morgan fingerprint density at radius 2 is 1.26 bits per heavy atom. The normalized spacial score (nSPS) is 14.0. The Kier molecular flexibility index (Phi) is 16.8. The standard InChI is InChI=1S/C24H28ClFN6O4S2.C20H21Cl2N5O2S2/c1-4-9-38(34,35)32-18-11-15(25)10-16(19(18)26)20-21(37-22(31-20)14-5-6-14)17-7-8-27-23(30-17)28-12-13(2)29-24(33)36-3;1-3-8-31(28,29)27-15-10-12(21)9-13(16(15)22)17-18(30-19(26-17)11-4-5-11)14-6-7-24-20(23-2)25-14/h7-8,10-11,13-14,32H,4-6,9,12H2,1-3H3,(H,29,33)(H,27,28,30);6-7,9-11,27H,3-5,8H2,1-2H3,(H,23,24,25). The molecule has 368 valence electrons. The van der Waals surface area contributed by atoms with E-state index in [1.807, 2.05) is 6.07 Å². The highest BCUT2D eigenvalue weighted by molar-refractivity contribution is 7.93. The van der Waals surface area contributed by atoms with E-state index in [0.717, 1.165) is 40.6 Å². The molecule has 17 nitrogen and oxygen atoms in total. The van der Waals surface area contributed by atoms with E-state index in [0.29, 0.717) is 81.4 Å². The maximum Gasteiger partial charge on any atom is 0.407 e. The van der Waals surface area contributed by atoms with Crippen molar-refractivity contribution < 1.29 is 30.8 Å². The molecule has 4 heterocycles. The van der Waals surface area contributed by atoms with Gasteiger partial charge in [-0.3, -0.25) is 9.44 Å². The van der Waals surface area contributed by atoms with Gasteiger partial charge in [0.1, 0.15) is 0 Å². The number of aromatic nitrogens is 6. The number of halogens is 4. The van der Waals surface area contributed by atoms with Crippen LogP contribution < -0.4 is 25.4 Å². The molecule has 0 saturated heterocycles. The Morgan fingerprint density at radius 3 is 1.78 bits per heavy atom. The SMILES string of the molecule is CCCS(=O)(=O)Nc1cc(Cl)cc(-c2nc(C3CC3)sc2-c2ccnc(NC)n2)c1Cl.CCCS(=O)(=O)Nc1cc(Cl)cc(-c2nc(C3CC3)sc2-c2ccnc(NCC(C)NC(=O)OC)n2)c1F. The molecule has 0 aliphatic heterocycles. The number of hydrogen-bond donors (Lipinski definition) is 5. The lowest BCUT2D eigenvalue weighted by Gasteiger charge is -2.14. The van der Waals surface area contributed by atoms with Crippen molar-refractivity contribution in [3.8, 4) is 43.7 Å². The number of nitrogens with zero attached hydrogens (tertiary/aromatic N) is 6. The summed E-state index contributed by atoms with van der Waals surface area (Å²) in [4.78, 5) is 40.1. The second-order valence-corrected chi connectivity index (χ2v) is 23.2. The summed E-state index contributed by atoms with van der Waals surface area (Å²) in [6.07, 6.45) is 7.76. The van der Waals surface area contributed by atoms with Crippen LogP contribution in [0.3, 0.4) is 0 Å². The smallest absolute Gasteiger partial charge is 0.407 e. The van der Waals surface area contributed by atoms with Crippen LogP contribution in [0.15, 0.2) is 48.8 Å². The molecule has 2 saturated carbocycles. The number of amides is 1. The molecule has 1 unspecified atom stereocenters. The number of ether oxygens (including phenoxy) is 1. The van der Waals surface area contributed by atoms with Gasteiger partial charge in [0.2, 0.25) is 31.9 Å². The molecular weight excluding hydrogens is 1030 g/mol. The zero-order valence-electron chi connectivity index (χ0n) is 38.0. The van der Waals surface area contributed by atoms with Crippen molar-refractivity contribution in [2.45, 2.75) is 77.2 Å². The van der Waals surface area contributed by atoms with Crippen LogP contribution in [0.25, 0.3) is 43.7 Å². The number of rotatable bonds is 19. The van der Waals surface area contributed by atoms with Gasteiger partial charge in [0.25, 0.3) is 0 Å². The maximum absolute atomic E-state index is 15.7. The molecule has 4 aromatic heterocycles. The molecule has 2 aliphatic rings. The average molecular weight is 1080 g/mol. The van der Waals surface area contributed by atoms with Crippen molar-refractivity contribution in [2.75, 3.05) is 52.3 Å². The van der Waals surface area contributed by atoms with E-state index in [1.54, 1.807) is 63.7 Å². The van der Waals surface area contributed by atoms with E-state index in [9.17, 15) is 21.6 Å². The fourth-order valence-corrected chi connectivity index (χ4v) is 12.2. The number of carbonyl (C=O) groups is 1. The van der Waals surface area contributed by atoms with E-state index in [-0.39, 0.29) is 44.5 Å². The number of sulfonamides is 2. The topological polar surface area (TPSA) is 232 Å². The van der Waals surface area contributed by atoms with Gasteiger partial charge in [-0.25, -0.2) is 55.9 Å². The summed E-state index contributed by atoms with van der Waals surface area (Å²) in [5.41, 5.74) is 2.84. The molecule has 0 radical (unpaired) electrons. The van der Waals surface area contributed by atoms with E-state index >= 15 is 4.39 Å². The maximum atomic E-state index is 15.7. The molecule has 6 aromatic rings. The summed E-state index contributed by atoms with van der Waals surface area (Å²) in [7, 11) is -4.23. The zero-order valence-corrected chi connectivity index (χ0v) is 43.5. The second kappa shape index (κ2) is 22.4. The summed E-state index contributed by atoms with van der Waals surface area (Å²) in [6, 6.07) is 9.16. The third-order valence-electron chi connectivity index (χ3n) is 10.3. The highest BCUT2D eigenvalue weighted by Crippen LogP contribution is 2.50. The largest absolute Gasteiger partial charge is 0.453 e. The quantitative estimate of drug-likeness (QED) is 0.0508. The summed E-state index contributed by atoms with van der Waals surface area (Å²) < 4.78 is 74.5. The van der Waals surface area contributed by atoms with Gasteiger partial charge in [-0.05, 0) is 81.8 Å². The number of anilines is 4. The van der Waals surface area contributed by atoms with Gasteiger partial charge in [-0.15, -0.1) is 22.7 Å². The lowest BCUT2D eigenvalue weighted by molar-refractivity contribution is 0.168. The van der Waals surface area contributed by atoms with Crippen LogP contribution in [0, 0.1) is 5.82 Å². The second-order valence-electron chi connectivity index (χ2n) is 16.2. The molecule has 69 heavy (non-hydrogen) atoms. The van der Waals surface area contributed by atoms with E-state index in [1.165, 1.54) is 36.6 Å². The number of nitrogens with one attached hydrogen (secondary N) is 5. The minimum absolute atomic E-state index is 0.00726. The van der Waals surface area contributed by atoms with Gasteiger partial charge >= 0.3 is 6.09 Å². The Labute approximate surface area is 422 Å². The molecule has 2 aromatic carbocycles. The summed E-state index contributed by atoms with van der Waals surface area (Å²) >= 11 is 22.3. The molecule has 2 aliphatic carbocycles. The molecule has 1 amide bonds. The van der Waals surface area contributed by atoms with Gasteiger partial charge in [-0.1, -0.05) is 48.7 Å². The highest BCUT2D eigenvalue weighted by Gasteiger charge is 2.32. The Morgan fingerprint density at radius 1 is 0.768 bits per heavy atom. The van der Waals surface area contributed by atoms with E-state index in [2.05, 4.69) is 50.1 Å². The number of carbonyl (C=O) groups excluding carboxylic acids is 1. The minimum atomic E-state index is -3.74. The predicted octanol–water partition coefficient (Wildman–Crippen LogP) is 10.9. The number of hydrogen-bond acceptors (Lipinski definition) is 16. The van der Waals surface area contributed by atoms with Crippen molar-refractivity contribution in [3.05, 3.63) is 79.7 Å². The van der Waals surface area contributed by atoms with Crippen molar-refractivity contribution in [1.29, 1.82) is 0 Å². The van der Waals surface area contributed by atoms with Crippen LogP contribution in [-0.2, 0) is 24.8 Å². The fraction of sp³-hybridized carbons (Fsp3) is 0.386. The number of thiazole rings is 2. The van der Waals surface area contributed by atoms with Crippen LogP contribution in [0.2, 0.25) is 15.1 Å². The first kappa shape index (κ1) is 51.9. The molecule has 1 atom stereocenters. The lowest BCUT2D eigenvalue weighted by atomic mass is 10.1. The van der Waals surface area contributed by atoms with Gasteiger partial charge in [0.15, 0.2) is 5.82 Å². The van der Waals surface area contributed by atoms with E-state index in [4.69, 9.17) is 44.8 Å². The van der Waals surface area contributed by atoms with Gasteiger partial charge in [-0.2, -0.15) is 0 Å². The number of methoxy groups -OCH3 is 1. The third kappa shape index (κ3) is 13.5. The van der Waals surface area contributed by atoms with Crippen LogP contribution >= 0.6 is 57.5 Å². The Hall–Kier alpha value is -4.97. The molecule has 0 bridgehead atoms. The van der Waals surface area contributed by atoms with Crippen LogP contribution in [0.5, 0.6) is 0 Å². The first-order chi connectivity index (χ1) is 32.9. The number of alkyl carbamates (subject to hydrolysis) is 1. The average Bonchev–Trinajstić information content (AvgIpc) is 4.26. The molecule has 8 rings (SSSR count).